The van der Waals surface area contributed by atoms with Crippen molar-refractivity contribution in [3.63, 3.8) is 0 Å². The van der Waals surface area contributed by atoms with Crippen molar-refractivity contribution >= 4 is 46.0 Å². The number of nitrogens with one attached hydrogen (secondary N) is 2. The minimum absolute atomic E-state index is 0.252. The highest BCUT2D eigenvalue weighted by Gasteiger charge is 2.25. The van der Waals surface area contributed by atoms with E-state index in [9.17, 15) is 14.4 Å². The number of aromatic nitrogens is 3. The van der Waals surface area contributed by atoms with E-state index >= 15 is 0 Å². The number of pyridine rings is 1. The summed E-state index contributed by atoms with van der Waals surface area (Å²) in [7, 11) is 1.75. The van der Waals surface area contributed by atoms with E-state index in [0.717, 1.165) is 4.88 Å². The number of hydrogen-bond donors (Lipinski definition) is 2. The lowest BCUT2D eigenvalue weighted by molar-refractivity contribution is -0.127. The summed E-state index contributed by atoms with van der Waals surface area (Å²) in [5.74, 6) is -1.45. The second-order valence-electron chi connectivity index (χ2n) is 7.30. The zero-order valence-corrected chi connectivity index (χ0v) is 19.0. The number of amides is 3. The van der Waals surface area contributed by atoms with Gasteiger partial charge in [-0.15, -0.1) is 11.3 Å². The number of aryl methyl sites for hydroxylation is 2. The van der Waals surface area contributed by atoms with E-state index in [1.165, 1.54) is 18.3 Å². The van der Waals surface area contributed by atoms with Crippen molar-refractivity contribution in [2.24, 2.45) is 7.05 Å². The molecule has 1 atom stereocenters. The molecule has 4 rings (SSSR count). The van der Waals surface area contributed by atoms with Gasteiger partial charge in [0, 0.05) is 12.7 Å². The zero-order valence-electron chi connectivity index (χ0n) is 18.2. The molecule has 3 aromatic heterocycles. The third-order valence-corrected chi connectivity index (χ3v) is 5.78. The van der Waals surface area contributed by atoms with Crippen LogP contribution in [-0.4, -0.2) is 38.8 Å². The molecule has 0 spiro atoms. The largest absolute Gasteiger partial charge is 0.449 e. The van der Waals surface area contributed by atoms with Gasteiger partial charge in [0.05, 0.1) is 27.2 Å². The highest BCUT2D eigenvalue weighted by atomic mass is 32.1. The fraction of sp³-hybridized carbons (Fsp3) is 0.174. The maximum atomic E-state index is 13.1. The zero-order chi connectivity index (χ0) is 23.5. The fourth-order valence-electron chi connectivity index (χ4n) is 3.33. The summed E-state index contributed by atoms with van der Waals surface area (Å²) >= 11 is 1.49. The van der Waals surface area contributed by atoms with Crippen LogP contribution in [0.4, 0.5) is 10.5 Å². The maximum absolute atomic E-state index is 13.1. The summed E-state index contributed by atoms with van der Waals surface area (Å²) in [5.41, 5.74) is 2.53. The van der Waals surface area contributed by atoms with Crippen molar-refractivity contribution < 1.29 is 19.1 Å². The van der Waals surface area contributed by atoms with Crippen molar-refractivity contribution in [1.29, 1.82) is 0 Å². The predicted molar refractivity (Wildman–Crippen MR) is 125 cm³/mol. The quantitative estimate of drug-likeness (QED) is 0.434. The van der Waals surface area contributed by atoms with Crippen molar-refractivity contribution in [1.82, 2.24) is 20.1 Å². The van der Waals surface area contributed by atoms with E-state index < -0.39 is 24.0 Å². The summed E-state index contributed by atoms with van der Waals surface area (Å²) in [6.45, 7) is 3.17. The van der Waals surface area contributed by atoms with E-state index in [1.807, 2.05) is 17.5 Å². The molecule has 0 fully saturated rings. The monoisotopic (exact) mass is 463 g/mol. The van der Waals surface area contributed by atoms with Gasteiger partial charge in [-0.05, 0) is 43.5 Å². The average Bonchev–Trinajstić information content (AvgIpc) is 3.42. The number of benzene rings is 1. The highest BCUT2D eigenvalue weighted by Crippen LogP contribution is 2.29. The van der Waals surface area contributed by atoms with Gasteiger partial charge in [0.2, 0.25) is 0 Å². The van der Waals surface area contributed by atoms with Gasteiger partial charge in [0.1, 0.15) is 0 Å². The van der Waals surface area contributed by atoms with Crippen LogP contribution in [0.2, 0.25) is 0 Å². The molecule has 0 aliphatic rings. The number of imide groups is 1. The topological polar surface area (TPSA) is 115 Å². The molecule has 4 aromatic rings. The number of nitrogens with zero attached hydrogens (tertiary/aromatic N) is 3. The number of carbonyl (C=O) groups excluding carboxylic acids is 3. The Balaban J connectivity index is 1.53. The number of thiophene rings is 1. The molecule has 0 saturated heterocycles. The number of anilines is 1. The Kier molecular flexibility index (Phi) is 6.18. The van der Waals surface area contributed by atoms with Crippen LogP contribution in [-0.2, 0) is 16.6 Å². The van der Waals surface area contributed by atoms with Crippen LogP contribution in [0.5, 0.6) is 0 Å². The number of esters is 1. The summed E-state index contributed by atoms with van der Waals surface area (Å²) < 4.78 is 7.00. The summed E-state index contributed by atoms with van der Waals surface area (Å²) in [6.07, 6.45) is -1.20. The van der Waals surface area contributed by atoms with Crippen LogP contribution < -0.4 is 10.6 Å². The molecule has 10 heteroatoms. The molecule has 0 aliphatic carbocycles. The third-order valence-electron chi connectivity index (χ3n) is 4.88. The van der Waals surface area contributed by atoms with Gasteiger partial charge in [-0.2, -0.15) is 5.10 Å². The van der Waals surface area contributed by atoms with Gasteiger partial charge < -0.3 is 10.1 Å². The van der Waals surface area contributed by atoms with E-state index in [0.29, 0.717) is 28.1 Å². The van der Waals surface area contributed by atoms with E-state index in [4.69, 9.17) is 4.74 Å². The first-order valence-corrected chi connectivity index (χ1v) is 11.0. The molecule has 9 nitrogen and oxygen atoms in total. The second-order valence-corrected chi connectivity index (χ2v) is 8.24. The molecule has 168 valence electrons. The lowest BCUT2D eigenvalue weighted by Gasteiger charge is -2.14. The number of rotatable bonds is 5. The minimum Gasteiger partial charge on any atom is -0.449 e. The van der Waals surface area contributed by atoms with Crippen molar-refractivity contribution in [2.45, 2.75) is 20.0 Å². The number of ether oxygens (including phenoxy) is 1. The first kappa shape index (κ1) is 22.2. The average molecular weight is 464 g/mol. The SMILES string of the molecule is Cc1nn(C)c2nc(-c3cccs3)cc(C(=O)OC(C)C(=O)NC(=O)Nc3ccccc3)c12. The molecule has 3 amide bonds. The Morgan fingerprint density at radius 1 is 1.12 bits per heavy atom. The van der Waals surface area contributed by atoms with Gasteiger partial charge in [-0.25, -0.2) is 14.6 Å². The van der Waals surface area contributed by atoms with Crippen LogP contribution in [0, 0.1) is 6.92 Å². The molecule has 1 aromatic carbocycles. The third kappa shape index (κ3) is 4.75. The summed E-state index contributed by atoms with van der Waals surface area (Å²) in [4.78, 5) is 43.1. The lowest BCUT2D eigenvalue weighted by Crippen LogP contribution is -2.41. The standard InChI is InChI=1S/C23H21N5O4S/c1-13-19-16(12-17(18-10-7-11-33-18)25-20(19)28(3)27-13)22(30)32-14(2)21(29)26-23(31)24-15-8-5-4-6-9-15/h4-12,14H,1-3H3,(H2,24,26,29,31). The fourth-order valence-corrected chi connectivity index (χ4v) is 4.02. The molecule has 0 aliphatic heterocycles. The molecule has 0 bridgehead atoms. The lowest BCUT2D eigenvalue weighted by atomic mass is 10.1. The van der Waals surface area contributed by atoms with Gasteiger partial charge in [0.25, 0.3) is 5.91 Å². The Bertz CT molecular complexity index is 1330. The first-order chi connectivity index (χ1) is 15.8. The number of hydrogen-bond acceptors (Lipinski definition) is 7. The van der Waals surface area contributed by atoms with Crippen LogP contribution >= 0.6 is 11.3 Å². The van der Waals surface area contributed by atoms with Crippen molar-refractivity contribution in [3.05, 3.63) is 65.2 Å². The molecule has 0 saturated carbocycles. The van der Waals surface area contributed by atoms with E-state index in [1.54, 1.807) is 55.1 Å². The Morgan fingerprint density at radius 2 is 1.88 bits per heavy atom. The number of para-hydroxylation sites is 1. The molecule has 0 radical (unpaired) electrons. The predicted octanol–water partition coefficient (Wildman–Crippen LogP) is 3.90. The summed E-state index contributed by atoms with van der Waals surface area (Å²) in [6, 6.07) is 13.4. The van der Waals surface area contributed by atoms with Crippen LogP contribution in [0.25, 0.3) is 21.6 Å². The molecule has 2 N–H and O–H groups in total. The molecule has 3 heterocycles. The van der Waals surface area contributed by atoms with E-state index in [-0.39, 0.29) is 5.56 Å². The maximum Gasteiger partial charge on any atom is 0.339 e. The van der Waals surface area contributed by atoms with Gasteiger partial charge in [-0.3, -0.25) is 14.8 Å². The highest BCUT2D eigenvalue weighted by molar-refractivity contribution is 7.13. The van der Waals surface area contributed by atoms with Crippen LogP contribution in [0.1, 0.15) is 23.0 Å². The van der Waals surface area contributed by atoms with Gasteiger partial charge in [0.15, 0.2) is 11.8 Å². The Hall–Kier alpha value is -4.05. The number of fused-ring (bicyclic) bond motifs is 1. The van der Waals surface area contributed by atoms with Crippen molar-refractivity contribution in [3.8, 4) is 10.6 Å². The molecule has 1 unspecified atom stereocenters. The molecular weight excluding hydrogens is 442 g/mol. The smallest absolute Gasteiger partial charge is 0.339 e. The van der Waals surface area contributed by atoms with Gasteiger partial charge in [-0.1, -0.05) is 24.3 Å². The normalized spacial score (nSPS) is 11.7. The summed E-state index contributed by atoms with van der Waals surface area (Å²) in [5, 5.41) is 11.6. The number of urea groups is 1. The van der Waals surface area contributed by atoms with Crippen LogP contribution in [0.15, 0.2) is 53.9 Å². The van der Waals surface area contributed by atoms with Crippen molar-refractivity contribution in [2.75, 3.05) is 5.32 Å². The number of carbonyl (C=O) groups is 3. The Morgan fingerprint density at radius 3 is 2.58 bits per heavy atom. The molecule has 33 heavy (non-hydrogen) atoms. The van der Waals surface area contributed by atoms with Crippen LogP contribution in [0.3, 0.4) is 0 Å². The molecular formula is C23H21N5O4S. The Labute approximate surface area is 193 Å². The minimum atomic E-state index is -1.20. The van der Waals surface area contributed by atoms with E-state index in [2.05, 4.69) is 20.7 Å². The second kappa shape index (κ2) is 9.21. The first-order valence-electron chi connectivity index (χ1n) is 10.1. The van der Waals surface area contributed by atoms with Gasteiger partial charge >= 0.3 is 12.0 Å².